The molecule has 0 saturated carbocycles. The molecule has 1 heteroatoms. The summed E-state index contributed by atoms with van der Waals surface area (Å²) < 4.78 is 15.4. The molecular formula is C33H31F. The molecule has 0 heterocycles. The minimum Gasteiger partial charge on any atom is -0.206 e. The summed E-state index contributed by atoms with van der Waals surface area (Å²) in [7, 11) is 0. The van der Waals surface area contributed by atoms with Gasteiger partial charge >= 0.3 is 0 Å². The van der Waals surface area contributed by atoms with Gasteiger partial charge in [0.25, 0.3) is 0 Å². The Morgan fingerprint density at radius 2 is 1.44 bits per heavy atom. The van der Waals surface area contributed by atoms with Crippen LogP contribution in [0.3, 0.4) is 0 Å². The quantitative estimate of drug-likeness (QED) is 0.196. The van der Waals surface area contributed by atoms with Crippen LogP contribution in [0.5, 0.6) is 0 Å². The van der Waals surface area contributed by atoms with Crippen molar-refractivity contribution in [1.82, 2.24) is 0 Å². The molecule has 0 atom stereocenters. The van der Waals surface area contributed by atoms with E-state index in [2.05, 4.69) is 67.3 Å². The number of benzene rings is 4. The van der Waals surface area contributed by atoms with Gasteiger partial charge in [0.05, 0.1) is 0 Å². The second kappa shape index (κ2) is 11.5. The number of hydrogen-bond acceptors (Lipinski definition) is 0. The standard InChI is InChI=1S/C33H31F/c1-3-5-7-9-26-16-19-29(20-17-26)31-23-21-30-24-28(18-22-32(30)33(31)34)15-14-27-12-10-25(11-13-27)8-6-4-2/h3,5,10-13,16-24H,4,6-9H2,1-2H3/b5-3+. The van der Waals surface area contributed by atoms with Crippen molar-refractivity contribution in [2.24, 2.45) is 0 Å². The van der Waals surface area contributed by atoms with E-state index in [1.165, 1.54) is 24.0 Å². The molecule has 0 N–H and O–H groups in total. The van der Waals surface area contributed by atoms with E-state index in [1.807, 2.05) is 49.4 Å². The second-order valence-corrected chi connectivity index (χ2v) is 8.72. The Morgan fingerprint density at radius 1 is 0.765 bits per heavy atom. The maximum Gasteiger partial charge on any atom is 0.138 e. The van der Waals surface area contributed by atoms with Gasteiger partial charge in [0.1, 0.15) is 5.82 Å². The van der Waals surface area contributed by atoms with Crippen molar-refractivity contribution in [3.63, 3.8) is 0 Å². The zero-order valence-electron chi connectivity index (χ0n) is 20.1. The average Bonchev–Trinajstić information content (AvgIpc) is 2.88. The van der Waals surface area contributed by atoms with Gasteiger partial charge in [-0.3, -0.25) is 0 Å². The van der Waals surface area contributed by atoms with Crippen LogP contribution in [-0.4, -0.2) is 0 Å². The van der Waals surface area contributed by atoms with E-state index in [0.717, 1.165) is 41.3 Å². The minimum atomic E-state index is -0.179. The first-order valence-corrected chi connectivity index (χ1v) is 12.2. The fourth-order valence-electron chi connectivity index (χ4n) is 4.14. The number of rotatable bonds is 7. The molecule has 0 aromatic heterocycles. The fraction of sp³-hybridized carbons (Fsp3) is 0.212. The van der Waals surface area contributed by atoms with Gasteiger partial charge < -0.3 is 0 Å². The first-order chi connectivity index (χ1) is 16.7. The summed E-state index contributed by atoms with van der Waals surface area (Å²) in [6, 6.07) is 26.3. The van der Waals surface area contributed by atoms with Gasteiger partial charge in [-0.1, -0.05) is 91.9 Å². The van der Waals surface area contributed by atoms with Crippen molar-refractivity contribution in [3.8, 4) is 23.0 Å². The van der Waals surface area contributed by atoms with Gasteiger partial charge in [-0.15, -0.1) is 0 Å². The van der Waals surface area contributed by atoms with Crippen LogP contribution in [0, 0.1) is 17.7 Å². The minimum absolute atomic E-state index is 0.179. The van der Waals surface area contributed by atoms with Crippen LogP contribution >= 0.6 is 0 Å². The molecule has 0 nitrogen and oxygen atoms in total. The van der Waals surface area contributed by atoms with Crippen molar-refractivity contribution in [2.45, 2.75) is 46.0 Å². The van der Waals surface area contributed by atoms with Crippen LogP contribution in [0.15, 0.2) is 91.0 Å². The highest BCUT2D eigenvalue weighted by atomic mass is 19.1. The molecule has 0 aliphatic heterocycles. The number of halogens is 1. The van der Waals surface area contributed by atoms with Crippen molar-refractivity contribution >= 4 is 10.8 Å². The monoisotopic (exact) mass is 446 g/mol. The van der Waals surface area contributed by atoms with E-state index < -0.39 is 0 Å². The second-order valence-electron chi connectivity index (χ2n) is 8.72. The zero-order valence-corrected chi connectivity index (χ0v) is 20.1. The molecule has 4 aromatic rings. The van der Waals surface area contributed by atoms with Crippen LogP contribution in [0.2, 0.25) is 0 Å². The van der Waals surface area contributed by atoms with Crippen LogP contribution in [0.25, 0.3) is 21.9 Å². The maximum atomic E-state index is 15.4. The Morgan fingerprint density at radius 3 is 2.18 bits per heavy atom. The van der Waals surface area contributed by atoms with Crippen molar-refractivity contribution < 1.29 is 4.39 Å². The molecule has 0 bridgehead atoms. The molecule has 0 unspecified atom stereocenters. The first-order valence-electron chi connectivity index (χ1n) is 12.2. The molecule has 0 aliphatic rings. The summed E-state index contributed by atoms with van der Waals surface area (Å²) in [4.78, 5) is 0. The summed E-state index contributed by atoms with van der Waals surface area (Å²) in [5.41, 5.74) is 6.04. The van der Waals surface area contributed by atoms with Crippen LogP contribution in [0.4, 0.5) is 4.39 Å². The summed E-state index contributed by atoms with van der Waals surface area (Å²) in [5.74, 6) is 6.29. The van der Waals surface area contributed by atoms with E-state index in [0.29, 0.717) is 10.9 Å². The van der Waals surface area contributed by atoms with Gasteiger partial charge in [-0.05, 0) is 78.9 Å². The third-order valence-electron chi connectivity index (χ3n) is 6.18. The molecule has 170 valence electrons. The predicted molar refractivity (Wildman–Crippen MR) is 144 cm³/mol. The number of hydrogen-bond donors (Lipinski definition) is 0. The molecule has 0 aliphatic carbocycles. The summed E-state index contributed by atoms with van der Waals surface area (Å²) >= 11 is 0. The molecule has 0 amide bonds. The van der Waals surface area contributed by atoms with Crippen molar-refractivity contribution in [3.05, 3.63) is 119 Å². The Hall–Kier alpha value is -3.63. The number of fused-ring (bicyclic) bond motifs is 1. The van der Waals surface area contributed by atoms with E-state index in [9.17, 15) is 0 Å². The lowest BCUT2D eigenvalue weighted by Gasteiger charge is -2.08. The molecule has 0 fully saturated rings. The number of allylic oxidation sites excluding steroid dienone is 2. The van der Waals surface area contributed by atoms with E-state index >= 15 is 4.39 Å². The lowest BCUT2D eigenvalue weighted by atomic mass is 9.97. The van der Waals surface area contributed by atoms with Gasteiger partial charge in [-0.2, -0.15) is 0 Å². The Balaban J connectivity index is 1.53. The predicted octanol–water partition coefficient (Wildman–Crippen LogP) is 8.90. The lowest BCUT2D eigenvalue weighted by Crippen LogP contribution is -1.89. The van der Waals surface area contributed by atoms with Crippen molar-refractivity contribution in [2.75, 3.05) is 0 Å². The smallest absolute Gasteiger partial charge is 0.138 e. The van der Waals surface area contributed by atoms with Crippen LogP contribution in [0.1, 0.15) is 55.4 Å². The summed E-state index contributed by atoms with van der Waals surface area (Å²) in [6.45, 7) is 4.24. The SMILES string of the molecule is C/C=C/CCc1ccc(-c2ccc3cc(C#Cc4ccc(CCCC)cc4)ccc3c2F)cc1. The molecule has 4 rings (SSSR count). The zero-order chi connectivity index (χ0) is 23.8. The average molecular weight is 447 g/mol. The first kappa shape index (κ1) is 23.5. The fourth-order valence-corrected chi connectivity index (χ4v) is 4.14. The Kier molecular flexibility index (Phi) is 7.95. The third kappa shape index (κ3) is 5.83. The molecule has 0 spiro atoms. The van der Waals surface area contributed by atoms with Gasteiger partial charge in [0.2, 0.25) is 0 Å². The summed E-state index contributed by atoms with van der Waals surface area (Å²) in [5, 5.41) is 1.49. The van der Waals surface area contributed by atoms with E-state index in [4.69, 9.17) is 0 Å². The largest absolute Gasteiger partial charge is 0.206 e. The van der Waals surface area contributed by atoms with E-state index in [1.54, 1.807) is 0 Å². The van der Waals surface area contributed by atoms with Crippen LogP contribution < -0.4 is 0 Å². The number of unbranched alkanes of at least 4 members (excludes halogenated alkanes) is 1. The van der Waals surface area contributed by atoms with Gasteiger partial charge in [-0.25, -0.2) is 4.39 Å². The highest BCUT2D eigenvalue weighted by Gasteiger charge is 2.10. The molecule has 0 saturated heterocycles. The van der Waals surface area contributed by atoms with Gasteiger partial charge in [0, 0.05) is 22.1 Å². The molecular weight excluding hydrogens is 415 g/mol. The van der Waals surface area contributed by atoms with Crippen molar-refractivity contribution in [1.29, 1.82) is 0 Å². The Bertz CT molecular complexity index is 1330. The third-order valence-corrected chi connectivity index (χ3v) is 6.18. The van der Waals surface area contributed by atoms with E-state index in [-0.39, 0.29) is 5.82 Å². The molecule has 34 heavy (non-hydrogen) atoms. The van der Waals surface area contributed by atoms with Gasteiger partial charge in [0.15, 0.2) is 0 Å². The molecule has 0 radical (unpaired) electrons. The Labute approximate surface area is 203 Å². The highest BCUT2D eigenvalue weighted by molar-refractivity contribution is 5.89. The lowest BCUT2D eigenvalue weighted by molar-refractivity contribution is 0.643. The summed E-state index contributed by atoms with van der Waals surface area (Å²) in [6.07, 6.45) is 9.79. The maximum absolute atomic E-state index is 15.4. The number of aryl methyl sites for hydroxylation is 2. The highest BCUT2D eigenvalue weighted by Crippen LogP contribution is 2.30. The molecule has 4 aromatic carbocycles. The van der Waals surface area contributed by atoms with Crippen LogP contribution in [-0.2, 0) is 12.8 Å². The topological polar surface area (TPSA) is 0 Å². The normalized spacial score (nSPS) is 11.0.